The van der Waals surface area contributed by atoms with E-state index in [9.17, 15) is 19.1 Å². The molecular weight excluding hydrogens is 467 g/mol. The lowest BCUT2D eigenvalue weighted by Gasteiger charge is -2.31. The molecular formula is C28H22F3N3O2. The molecule has 2 fully saturated rings. The zero-order valence-electron chi connectivity index (χ0n) is 19.3. The van der Waals surface area contributed by atoms with Crippen LogP contribution in [0.5, 0.6) is 11.6 Å². The minimum atomic E-state index is -0.925. The van der Waals surface area contributed by atoms with E-state index < -0.39 is 23.3 Å². The molecule has 3 heterocycles. The Morgan fingerprint density at radius 1 is 1.14 bits per heavy atom. The maximum Gasteiger partial charge on any atom is 0.232 e. The summed E-state index contributed by atoms with van der Waals surface area (Å²) in [5.41, 5.74) is -0.0738. The van der Waals surface area contributed by atoms with Crippen LogP contribution in [0.3, 0.4) is 0 Å². The number of phenolic OH excluding ortho intramolecular Hbond substituents is 1. The molecule has 182 valence electrons. The maximum atomic E-state index is 15.9. The van der Waals surface area contributed by atoms with Gasteiger partial charge >= 0.3 is 0 Å². The first-order chi connectivity index (χ1) is 17.4. The van der Waals surface area contributed by atoms with E-state index in [0.29, 0.717) is 23.7 Å². The number of nitrogens with zero attached hydrogens (tertiary/aromatic N) is 3. The van der Waals surface area contributed by atoms with Crippen molar-refractivity contribution >= 4 is 21.7 Å². The van der Waals surface area contributed by atoms with Crippen molar-refractivity contribution < 1.29 is 23.0 Å². The largest absolute Gasteiger partial charge is 0.508 e. The van der Waals surface area contributed by atoms with Gasteiger partial charge in [0.1, 0.15) is 41.5 Å². The Hall–Kier alpha value is -3.83. The Morgan fingerprint density at radius 2 is 2.00 bits per heavy atom. The number of halogens is 3. The van der Waals surface area contributed by atoms with Crippen LogP contribution in [0.4, 0.5) is 13.2 Å². The van der Waals surface area contributed by atoms with Gasteiger partial charge in [-0.05, 0) is 54.6 Å². The fraction of sp³-hybridized carbons (Fsp3) is 0.286. The lowest BCUT2D eigenvalue weighted by atomic mass is 9.95. The predicted octanol–water partition coefficient (Wildman–Crippen LogP) is 5.87. The molecule has 0 aliphatic carbocycles. The van der Waals surface area contributed by atoms with Gasteiger partial charge in [0.2, 0.25) is 5.88 Å². The van der Waals surface area contributed by atoms with Crippen molar-refractivity contribution in [1.82, 2.24) is 9.88 Å². The van der Waals surface area contributed by atoms with E-state index in [2.05, 4.69) is 16.0 Å². The number of aromatic nitrogens is 1. The Morgan fingerprint density at radius 3 is 2.83 bits per heavy atom. The first-order valence-corrected chi connectivity index (χ1v) is 11.9. The highest BCUT2D eigenvalue weighted by Crippen LogP contribution is 2.41. The molecule has 2 aliphatic heterocycles. The number of nitriles is 1. The van der Waals surface area contributed by atoms with Gasteiger partial charge in [-0.25, -0.2) is 18.2 Å². The number of hydrogen-bond acceptors (Lipinski definition) is 5. The molecule has 5 nitrogen and oxygen atoms in total. The van der Waals surface area contributed by atoms with Gasteiger partial charge in [-0.1, -0.05) is 24.3 Å². The van der Waals surface area contributed by atoms with Crippen molar-refractivity contribution in [2.75, 3.05) is 19.7 Å². The molecule has 0 bridgehead atoms. The van der Waals surface area contributed by atoms with Crippen molar-refractivity contribution in [2.24, 2.45) is 0 Å². The van der Waals surface area contributed by atoms with Crippen molar-refractivity contribution in [3.8, 4) is 28.8 Å². The van der Waals surface area contributed by atoms with Crippen molar-refractivity contribution in [3.05, 3.63) is 65.7 Å². The summed E-state index contributed by atoms with van der Waals surface area (Å²) < 4.78 is 50.8. The van der Waals surface area contributed by atoms with Crippen LogP contribution < -0.4 is 4.74 Å². The molecule has 8 heteroatoms. The third-order valence-electron chi connectivity index (χ3n) is 7.45. The molecule has 0 amide bonds. The Labute approximate surface area is 205 Å². The number of aromatic hydroxyl groups is 1. The van der Waals surface area contributed by atoms with Crippen LogP contribution in [0.1, 0.15) is 24.8 Å². The smallest absolute Gasteiger partial charge is 0.232 e. The number of fused-ring (bicyclic) bond motifs is 3. The van der Waals surface area contributed by atoms with E-state index in [1.54, 1.807) is 12.1 Å². The monoisotopic (exact) mass is 489 g/mol. The number of ether oxygens (including phenoxy) is 1. The van der Waals surface area contributed by atoms with Crippen molar-refractivity contribution in [1.29, 1.82) is 5.26 Å². The van der Waals surface area contributed by atoms with E-state index in [1.165, 1.54) is 36.4 Å². The normalized spacial score (nSPS) is 21.7. The lowest BCUT2D eigenvalue weighted by Crippen LogP contribution is -2.43. The fourth-order valence-corrected chi connectivity index (χ4v) is 5.82. The molecule has 2 aliphatic rings. The van der Waals surface area contributed by atoms with Gasteiger partial charge in [0.25, 0.3) is 0 Å². The molecule has 6 rings (SSSR count). The SMILES string of the molecule is N#Cc1cc2ccc(-c3cc(O)cc4cccc(F)c34)c(F)c2nc1OC[C@@]12CCCN1C[C@H](F)C2. The second-order valence-corrected chi connectivity index (χ2v) is 9.65. The molecule has 1 N–H and O–H groups in total. The summed E-state index contributed by atoms with van der Waals surface area (Å²) in [5.74, 6) is -1.40. The molecule has 0 unspecified atom stereocenters. The van der Waals surface area contributed by atoms with Gasteiger partial charge in [-0.3, -0.25) is 4.90 Å². The van der Waals surface area contributed by atoms with Gasteiger partial charge in [0, 0.05) is 29.3 Å². The topological polar surface area (TPSA) is 69.4 Å². The van der Waals surface area contributed by atoms with Gasteiger partial charge in [0.15, 0.2) is 5.82 Å². The van der Waals surface area contributed by atoms with Gasteiger partial charge in [0.05, 0.1) is 5.54 Å². The molecule has 4 aromatic rings. The Bertz CT molecular complexity index is 1570. The molecule has 0 spiro atoms. The summed E-state index contributed by atoms with van der Waals surface area (Å²) in [4.78, 5) is 6.45. The number of pyridine rings is 1. The van der Waals surface area contributed by atoms with E-state index in [4.69, 9.17) is 4.74 Å². The summed E-state index contributed by atoms with van der Waals surface area (Å²) in [5, 5.41) is 20.9. The summed E-state index contributed by atoms with van der Waals surface area (Å²) in [6.45, 7) is 1.32. The molecule has 36 heavy (non-hydrogen) atoms. The number of rotatable bonds is 4. The number of benzene rings is 3. The van der Waals surface area contributed by atoms with Crippen LogP contribution >= 0.6 is 0 Å². The highest BCUT2D eigenvalue weighted by Gasteiger charge is 2.49. The third kappa shape index (κ3) is 3.54. The van der Waals surface area contributed by atoms with Crippen LogP contribution in [-0.4, -0.2) is 46.4 Å². The number of phenols is 1. The zero-order chi connectivity index (χ0) is 25.0. The molecule has 3 aromatic carbocycles. The van der Waals surface area contributed by atoms with Crippen LogP contribution in [0.15, 0.2) is 48.5 Å². The second kappa shape index (κ2) is 8.38. The summed E-state index contributed by atoms with van der Waals surface area (Å²) in [6.07, 6.45) is 1.17. The van der Waals surface area contributed by atoms with Gasteiger partial charge < -0.3 is 9.84 Å². The van der Waals surface area contributed by atoms with Gasteiger partial charge in [-0.2, -0.15) is 5.26 Å². The summed E-state index contributed by atoms with van der Waals surface area (Å²) in [6, 6.07) is 13.8. The lowest BCUT2D eigenvalue weighted by molar-refractivity contribution is 0.110. The average molecular weight is 489 g/mol. The van der Waals surface area contributed by atoms with Gasteiger partial charge in [-0.15, -0.1) is 0 Å². The zero-order valence-corrected chi connectivity index (χ0v) is 19.3. The minimum absolute atomic E-state index is 0.0171. The van der Waals surface area contributed by atoms with Crippen LogP contribution in [0.2, 0.25) is 0 Å². The third-order valence-corrected chi connectivity index (χ3v) is 7.45. The van der Waals surface area contributed by atoms with E-state index in [0.717, 1.165) is 19.4 Å². The van der Waals surface area contributed by atoms with Crippen LogP contribution in [0.25, 0.3) is 32.8 Å². The van der Waals surface area contributed by atoms with E-state index in [1.807, 2.05) is 0 Å². The van der Waals surface area contributed by atoms with Crippen molar-refractivity contribution in [2.45, 2.75) is 31.0 Å². The van der Waals surface area contributed by atoms with Crippen molar-refractivity contribution in [3.63, 3.8) is 0 Å². The minimum Gasteiger partial charge on any atom is -0.508 e. The predicted molar refractivity (Wildman–Crippen MR) is 130 cm³/mol. The highest BCUT2D eigenvalue weighted by molar-refractivity contribution is 6.00. The molecule has 2 saturated heterocycles. The van der Waals surface area contributed by atoms with Crippen LogP contribution in [-0.2, 0) is 0 Å². The standard InChI is InChI=1S/C28H22F3N3O2/c29-19-12-28(7-2-8-34(28)14-19)15-36-27-18(13-32)9-17-5-6-21(25(31)26(17)33-27)22-11-20(35)10-16-3-1-4-23(30)24(16)22/h1,3-6,9-11,19,35H,2,7-8,12,14-15H2/t19-,28+/m1/s1. The highest BCUT2D eigenvalue weighted by atomic mass is 19.1. The summed E-state index contributed by atoms with van der Waals surface area (Å²) in [7, 11) is 0. The van der Waals surface area contributed by atoms with Crippen LogP contribution in [0, 0.1) is 23.0 Å². The molecule has 0 saturated carbocycles. The first kappa shape index (κ1) is 22.6. The molecule has 0 radical (unpaired) electrons. The Balaban J connectivity index is 1.45. The molecule has 1 aromatic heterocycles. The summed E-state index contributed by atoms with van der Waals surface area (Å²) >= 11 is 0. The van der Waals surface area contributed by atoms with E-state index >= 15 is 4.39 Å². The fourth-order valence-electron chi connectivity index (χ4n) is 5.82. The number of hydrogen-bond donors (Lipinski definition) is 1. The van der Waals surface area contributed by atoms with E-state index in [-0.39, 0.29) is 45.8 Å². The Kier molecular flexibility index (Phi) is 5.27. The average Bonchev–Trinajstić information content (AvgIpc) is 3.38. The quantitative estimate of drug-likeness (QED) is 0.389. The maximum absolute atomic E-state index is 15.9. The second-order valence-electron chi connectivity index (χ2n) is 9.65. The first-order valence-electron chi connectivity index (χ1n) is 11.9. The molecule has 2 atom stereocenters. The number of alkyl halides is 1.